The van der Waals surface area contributed by atoms with Gasteiger partial charge in [0.15, 0.2) is 5.69 Å². The highest BCUT2D eigenvalue weighted by Gasteiger charge is 2.18. The fourth-order valence-electron chi connectivity index (χ4n) is 2.89. The number of carbonyl (C=O) groups is 1. The molecule has 0 N–H and O–H groups in total. The third-order valence-corrected chi connectivity index (χ3v) is 4.49. The molecule has 0 unspecified atom stereocenters. The summed E-state index contributed by atoms with van der Waals surface area (Å²) >= 11 is 5.79. The highest BCUT2D eigenvalue weighted by molar-refractivity contribution is 6.30. The molecule has 7 heteroatoms. The van der Waals surface area contributed by atoms with Crippen LogP contribution in [0.3, 0.4) is 0 Å². The number of pyridine rings is 1. The molecule has 0 bridgehead atoms. The van der Waals surface area contributed by atoms with Crippen molar-refractivity contribution in [3.05, 3.63) is 53.1 Å². The first kappa shape index (κ1) is 18.4. The van der Waals surface area contributed by atoms with Gasteiger partial charge in [0.1, 0.15) is 11.5 Å². The van der Waals surface area contributed by atoms with E-state index < -0.39 is 11.8 Å². The lowest BCUT2D eigenvalue weighted by Gasteiger charge is -2.13. The Labute approximate surface area is 155 Å². The lowest BCUT2D eigenvalue weighted by atomic mass is 10.1. The number of halogens is 2. The molecule has 26 heavy (non-hydrogen) atoms. The largest absolute Gasteiger partial charge is 0.464 e. The minimum absolute atomic E-state index is 0.0335. The maximum Gasteiger partial charge on any atom is 0.356 e. The van der Waals surface area contributed by atoms with E-state index in [9.17, 15) is 9.18 Å². The highest BCUT2D eigenvalue weighted by Crippen LogP contribution is 2.33. The zero-order valence-corrected chi connectivity index (χ0v) is 15.4. The normalized spacial score (nSPS) is 12.3. The number of hydrogen-bond donors (Lipinski definition) is 0. The molecule has 2 heterocycles. The molecule has 0 saturated carbocycles. The van der Waals surface area contributed by atoms with Gasteiger partial charge in [0.2, 0.25) is 0 Å². The Morgan fingerprint density at radius 2 is 2.08 bits per heavy atom. The number of aromatic nitrogens is 2. The quantitative estimate of drug-likeness (QED) is 0.616. The van der Waals surface area contributed by atoms with E-state index in [-0.39, 0.29) is 16.8 Å². The van der Waals surface area contributed by atoms with Crippen LogP contribution in [0.5, 0.6) is 0 Å². The van der Waals surface area contributed by atoms with Crippen LogP contribution >= 0.6 is 11.6 Å². The Bertz CT molecular complexity index is 971. The molecule has 0 saturated heterocycles. The van der Waals surface area contributed by atoms with Gasteiger partial charge in [-0.1, -0.05) is 17.7 Å². The molecular weight excluding hydrogens is 359 g/mol. The van der Waals surface area contributed by atoms with Crippen LogP contribution in [-0.2, 0) is 9.47 Å². The molecule has 0 spiro atoms. The van der Waals surface area contributed by atoms with E-state index in [1.165, 1.54) is 19.2 Å². The molecule has 1 aromatic carbocycles. The van der Waals surface area contributed by atoms with Crippen molar-refractivity contribution in [3.63, 3.8) is 0 Å². The van der Waals surface area contributed by atoms with Crippen molar-refractivity contribution in [1.29, 1.82) is 0 Å². The number of fused-ring (bicyclic) bond motifs is 1. The van der Waals surface area contributed by atoms with Gasteiger partial charge in [0, 0.05) is 24.3 Å². The third-order valence-electron chi connectivity index (χ3n) is 4.19. The summed E-state index contributed by atoms with van der Waals surface area (Å²) in [6, 6.07) is 8.00. The number of rotatable bonds is 5. The van der Waals surface area contributed by atoms with Gasteiger partial charge in [0.25, 0.3) is 0 Å². The SMILES string of the molecule is COC[C@@H](C)n1cc(-c2ccc(Cl)c(F)c2)c2ccc(C(=O)OC)nc21. The second-order valence-electron chi connectivity index (χ2n) is 5.94. The first-order chi connectivity index (χ1) is 12.5. The number of nitrogens with zero attached hydrogens (tertiary/aromatic N) is 2. The summed E-state index contributed by atoms with van der Waals surface area (Å²) < 4.78 is 25.8. The molecule has 1 atom stereocenters. The van der Waals surface area contributed by atoms with Crippen LogP contribution < -0.4 is 0 Å². The van der Waals surface area contributed by atoms with Crippen molar-refractivity contribution in [2.24, 2.45) is 0 Å². The van der Waals surface area contributed by atoms with Crippen LogP contribution in [-0.4, -0.2) is 36.3 Å². The molecule has 5 nitrogen and oxygen atoms in total. The first-order valence-electron chi connectivity index (χ1n) is 8.00. The van der Waals surface area contributed by atoms with Crippen LogP contribution in [0.25, 0.3) is 22.2 Å². The molecule has 0 aliphatic rings. The van der Waals surface area contributed by atoms with E-state index in [0.29, 0.717) is 17.8 Å². The van der Waals surface area contributed by atoms with Crippen LogP contribution in [0.4, 0.5) is 4.39 Å². The van der Waals surface area contributed by atoms with E-state index in [2.05, 4.69) is 4.98 Å². The summed E-state index contributed by atoms with van der Waals surface area (Å²) in [6.45, 7) is 2.43. The molecule has 0 fully saturated rings. The smallest absolute Gasteiger partial charge is 0.356 e. The van der Waals surface area contributed by atoms with Crippen molar-refractivity contribution >= 4 is 28.6 Å². The summed E-state index contributed by atoms with van der Waals surface area (Å²) in [7, 11) is 2.92. The van der Waals surface area contributed by atoms with Gasteiger partial charge >= 0.3 is 5.97 Å². The zero-order valence-electron chi connectivity index (χ0n) is 14.6. The lowest BCUT2D eigenvalue weighted by molar-refractivity contribution is 0.0594. The van der Waals surface area contributed by atoms with Crippen molar-refractivity contribution in [3.8, 4) is 11.1 Å². The van der Waals surface area contributed by atoms with E-state index in [1.54, 1.807) is 25.3 Å². The number of carbonyl (C=O) groups excluding carboxylic acids is 1. The summed E-state index contributed by atoms with van der Waals surface area (Å²) in [5.74, 6) is -1.01. The third kappa shape index (κ3) is 3.30. The van der Waals surface area contributed by atoms with Crippen molar-refractivity contribution in [2.45, 2.75) is 13.0 Å². The molecule has 0 amide bonds. The molecule has 0 radical (unpaired) electrons. The van der Waals surface area contributed by atoms with Gasteiger partial charge in [0.05, 0.1) is 24.8 Å². The van der Waals surface area contributed by atoms with E-state index in [0.717, 1.165) is 10.9 Å². The van der Waals surface area contributed by atoms with Crippen LogP contribution in [0.1, 0.15) is 23.5 Å². The Morgan fingerprint density at radius 1 is 1.31 bits per heavy atom. The number of benzene rings is 1. The van der Waals surface area contributed by atoms with Crippen molar-refractivity contribution < 1.29 is 18.7 Å². The topological polar surface area (TPSA) is 53.4 Å². The minimum atomic E-state index is -0.516. The Morgan fingerprint density at radius 3 is 2.73 bits per heavy atom. The van der Waals surface area contributed by atoms with E-state index in [1.807, 2.05) is 17.7 Å². The fourth-order valence-corrected chi connectivity index (χ4v) is 3.01. The van der Waals surface area contributed by atoms with Crippen molar-refractivity contribution in [2.75, 3.05) is 20.8 Å². The standard InChI is InChI=1S/C19H18ClFN2O3/c1-11(10-25-2)23-9-14(12-4-6-15(20)16(21)8-12)13-5-7-17(19(24)26-3)22-18(13)23/h4-9,11H,10H2,1-3H3/t11-/m1/s1. The lowest BCUT2D eigenvalue weighted by Crippen LogP contribution is -2.11. The van der Waals surface area contributed by atoms with E-state index >= 15 is 0 Å². The predicted molar refractivity (Wildman–Crippen MR) is 98.1 cm³/mol. The molecule has 0 aliphatic heterocycles. The fraction of sp³-hybridized carbons (Fsp3) is 0.263. The molecule has 3 aromatic rings. The van der Waals surface area contributed by atoms with Gasteiger partial charge in [-0.05, 0) is 36.8 Å². The molecular formula is C19H18ClFN2O3. The second-order valence-corrected chi connectivity index (χ2v) is 6.35. The predicted octanol–water partition coefficient (Wildman–Crippen LogP) is 4.49. The monoisotopic (exact) mass is 376 g/mol. The summed E-state index contributed by atoms with van der Waals surface area (Å²) in [5.41, 5.74) is 2.27. The van der Waals surface area contributed by atoms with Gasteiger partial charge in [-0.25, -0.2) is 14.2 Å². The maximum absolute atomic E-state index is 13.9. The van der Waals surface area contributed by atoms with Gasteiger partial charge in [-0.2, -0.15) is 0 Å². The summed E-state index contributed by atoms with van der Waals surface area (Å²) in [4.78, 5) is 16.3. The summed E-state index contributed by atoms with van der Waals surface area (Å²) in [6.07, 6.45) is 1.88. The highest BCUT2D eigenvalue weighted by atomic mass is 35.5. The molecule has 136 valence electrons. The number of hydrogen-bond acceptors (Lipinski definition) is 4. The number of esters is 1. The van der Waals surface area contributed by atoms with Crippen molar-refractivity contribution in [1.82, 2.24) is 9.55 Å². The first-order valence-corrected chi connectivity index (χ1v) is 8.38. The Hall–Kier alpha value is -2.44. The van der Waals surface area contributed by atoms with Gasteiger partial charge in [-0.15, -0.1) is 0 Å². The van der Waals surface area contributed by atoms with Crippen LogP contribution in [0.2, 0.25) is 5.02 Å². The molecule has 0 aliphatic carbocycles. The van der Waals surface area contributed by atoms with Gasteiger partial charge in [-0.3, -0.25) is 0 Å². The summed E-state index contributed by atoms with van der Waals surface area (Å²) in [5, 5.41) is 0.860. The maximum atomic E-state index is 13.9. The Kier molecular flexibility index (Phi) is 5.25. The van der Waals surface area contributed by atoms with E-state index in [4.69, 9.17) is 21.1 Å². The minimum Gasteiger partial charge on any atom is -0.464 e. The average Bonchev–Trinajstić information content (AvgIpc) is 3.02. The molecule has 3 rings (SSSR count). The molecule has 2 aromatic heterocycles. The van der Waals surface area contributed by atoms with Crippen LogP contribution in [0.15, 0.2) is 36.5 Å². The van der Waals surface area contributed by atoms with Crippen LogP contribution in [0, 0.1) is 5.82 Å². The zero-order chi connectivity index (χ0) is 18.8. The second kappa shape index (κ2) is 7.43. The number of ether oxygens (including phenoxy) is 2. The van der Waals surface area contributed by atoms with Gasteiger partial charge < -0.3 is 14.0 Å². The number of methoxy groups -OCH3 is 2. The Balaban J connectivity index is 2.23. The average molecular weight is 377 g/mol.